The summed E-state index contributed by atoms with van der Waals surface area (Å²) in [6.45, 7) is 3.57. The third-order valence-corrected chi connectivity index (χ3v) is 4.72. The van der Waals surface area contributed by atoms with Crippen LogP contribution < -0.4 is 5.32 Å². The van der Waals surface area contributed by atoms with Gasteiger partial charge in [0.1, 0.15) is 5.82 Å². The minimum absolute atomic E-state index is 0.0926. The van der Waals surface area contributed by atoms with Gasteiger partial charge in [0.25, 0.3) is 5.91 Å². The molecule has 3 heterocycles. The number of nitrogens with one attached hydrogen (secondary N) is 1. The summed E-state index contributed by atoms with van der Waals surface area (Å²) < 4.78 is 0. The lowest BCUT2D eigenvalue weighted by Crippen LogP contribution is -2.32. The summed E-state index contributed by atoms with van der Waals surface area (Å²) in [4.78, 5) is 27.6. The van der Waals surface area contributed by atoms with Crippen LogP contribution in [0.3, 0.4) is 0 Å². The molecule has 0 aliphatic carbocycles. The molecule has 6 heteroatoms. The zero-order valence-corrected chi connectivity index (χ0v) is 14.9. The lowest BCUT2D eigenvalue weighted by Gasteiger charge is -2.20. The Morgan fingerprint density at radius 3 is 2.80 bits per heavy atom. The maximum atomic E-state index is 12.7. The molecule has 0 spiro atoms. The van der Waals surface area contributed by atoms with Gasteiger partial charge in [-0.3, -0.25) is 14.8 Å². The zero-order valence-electron chi connectivity index (χ0n) is 14.9. The third kappa shape index (κ3) is 4.53. The Morgan fingerprint density at radius 2 is 2.08 bits per heavy atom. The van der Waals surface area contributed by atoms with Gasteiger partial charge in [-0.15, -0.1) is 0 Å². The molecule has 2 aromatic heterocycles. The summed E-state index contributed by atoms with van der Waals surface area (Å²) in [5, 5.41) is 2.98. The summed E-state index contributed by atoms with van der Waals surface area (Å²) in [6.07, 6.45) is 11.1. The van der Waals surface area contributed by atoms with Crippen molar-refractivity contribution < 1.29 is 4.79 Å². The first kappa shape index (κ1) is 17.3. The van der Waals surface area contributed by atoms with Crippen LogP contribution in [-0.2, 0) is 6.42 Å². The molecule has 3 rings (SSSR count). The molecule has 1 atom stereocenters. The molecule has 1 fully saturated rings. The lowest BCUT2D eigenvalue weighted by molar-refractivity contribution is 0.0759. The molecule has 1 aliphatic heterocycles. The van der Waals surface area contributed by atoms with E-state index in [0.717, 1.165) is 55.8 Å². The Balaban J connectivity index is 1.59. The van der Waals surface area contributed by atoms with Gasteiger partial charge in [0.2, 0.25) is 0 Å². The van der Waals surface area contributed by atoms with Crippen LogP contribution in [0.15, 0.2) is 30.9 Å². The number of aromatic nitrogens is 3. The standard InChI is InChI=1S/C19H25N5O/c1-14-8-16(11-21-10-14)19(25)24-6-3-4-15(5-7-24)9-17-12-23-18(20-2)13-22-17/h8,10-13,15H,3-7,9H2,1-2H3,(H,20,23)/t15-/m0/s1. The number of nitrogens with zero attached hydrogens (tertiary/aromatic N) is 4. The molecule has 1 aliphatic rings. The average molecular weight is 339 g/mol. The minimum Gasteiger partial charge on any atom is -0.372 e. The highest BCUT2D eigenvalue weighted by molar-refractivity contribution is 5.94. The first-order valence-electron chi connectivity index (χ1n) is 8.85. The molecule has 1 saturated heterocycles. The second kappa shape index (κ2) is 8.05. The summed E-state index contributed by atoms with van der Waals surface area (Å²) in [5.41, 5.74) is 2.72. The SMILES string of the molecule is CNc1cnc(C[C@H]2CCCN(C(=O)c3cncc(C)c3)CC2)cn1. The van der Waals surface area contributed by atoms with Gasteiger partial charge >= 0.3 is 0 Å². The Bertz CT molecular complexity index is 716. The van der Waals surface area contributed by atoms with Gasteiger partial charge in [-0.1, -0.05) is 0 Å². The summed E-state index contributed by atoms with van der Waals surface area (Å²) in [6, 6.07) is 1.91. The molecule has 0 radical (unpaired) electrons. The number of hydrogen-bond acceptors (Lipinski definition) is 5. The Kier molecular flexibility index (Phi) is 5.58. The first-order chi connectivity index (χ1) is 12.2. The normalized spacial score (nSPS) is 17.8. The quantitative estimate of drug-likeness (QED) is 0.927. The number of hydrogen-bond donors (Lipinski definition) is 1. The van der Waals surface area contributed by atoms with Crippen molar-refractivity contribution in [2.75, 3.05) is 25.5 Å². The van der Waals surface area contributed by atoms with Gasteiger partial charge in [0.15, 0.2) is 0 Å². The van der Waals surface area contributed by atoms with E-state index in [2.05, 4.69) is 20.3 Å². The molecule has 6 nitrogen and oxygen atoms in total. The van der Waals surface area contributed by atoms with Crippen molar-refractivity contribution in [2.24, 2.45) is 5.92 Å². The van der Waals surface area contributed by atoms with E-state index in [4.69, 9.17) is 0 Å². The maximum absolute atomic E-state index is 12.7. The molecule has 1 amide bonds. The van der Waals surface area contributed by atoms with Gasteiger partial charge in [0.05, 0.1) is 23.7 Å². The Morgan fingerprint density at radius 1 is 1.20 bits per heavy atom. The highest BCUT2D eigenvalue weighted by Crippen LogP contribution is 2.22. The zero-order chi connectivity index (χ0) is 17.6. The van der Waals surface area contributed by atoms with E-state index in [1.165, 1.54) is 0 Å². The number of pyridine rings is 1. The predicted octanol–water partition coefficient (Wildman–Crippen LogP) is 2.71. The second-order valence-corrected chi connectivity index (χ2v) is 6.69. The molecule has 0 bridgehead atoms. The Hall–Kier alpha value is -2.50. The number of aryl methyl sites for hydroxylation is 1. The number of rotatable bonds is 4. The van der Waals surface area contributed by atoms with Crippen molar-refractivity contribution in [1.29, 1.82) is 0 Å². The number of likely N-dealkylation sites (tertiary alicyclic amines) is 1. The summed E-state index contributed by atoms with van der Waals surface area (Å²) in [7, 11) is 1.84. The van der Waals surface area contributed by atoms with E-state index in [1.54, 1.807) is 18.6 Å². The van der Waals surface area contributed by atoms with Crippen LogP contribution in [0.1, 0.15) is 40.9 Å². The van der Waals surface area contributed by atoms with Crippen molar-refractivity contribution >= 4 is 11.7 Å². The fourth-order valence-electron chi connectivity index (χ4n) is 3.31. The van der Waals surface area contributed by atoms with E-state index < -0.39 is 0 Å². The van der Waals surface area contributed by atoms with Crippen LogP contribution in [0.5, 0.6) is 0 Å². The van der Waals surface area contributed by atoms with Crippen LogP contribution >= 0.6 is 0 Å². The highest BCUT2D eigenvalue weighted by atomic mass is 16.2. The summed E-state index contributed by atoms with van der Waals surface area (Å²) in [5.74, 6) is 1.42. The van der Waals surface area contributed by atoms with E-state index in [9.17, 15) is 4.79 Å². The second-order valence-electron chi connectivity index (χ2n) is 6.69. The predicted molar refractivity (Wildman–Crippen MR) is 97.5 cm³/mol. The number of carbonyl (C=O) groups excluding carboxylic acids is 1. The van der Waals surface area contributed by atoms with Crippen LogP contribution in [0, 0.1) is 12.8 Å². The monoisotopic (exact) mass is 339 g/mol. The number of anilines is 1. The topological polar surface area (TPSA) is 71.0 Å². The van der Waals surface area contributed by atoms with E-state index >= 15 is 0 Å². The van der Waals surface area contributed by atoms with E-state index in [0.29, 0.717) is 11.5 Å². The third-order valence-electron chi connectivity index (χ3n) is 4.72. The van der Waals surface area contributed by atoms with Crippen LogP contribution in [0.4, 0.5) is 5.82 Å². The molecule has 0 aromatic carbocycles. The van der Waals surface area contributed by atoms with Crippen molar-refractivity contribution in [3.63, 3.8) is 0 Å². The summed E-state index contributed by atoms with van der Waals surface area (Å²) >= 11 is 0. The molecular weight excluding hydrogens is 314 g/mol. The van der Waals surface area contributed by atoms with Gasteiger partial charge in [0, 0.05) is 32.5 Å². The lowest BCUT2D eigenvalue weighted by atomic mass is 9.95. The minimum atomic E-state index is 0.0926. The van der Waals surface area contributed by atoms with Crippen molar-refractivity contribution in [3.8, 4) is 0 Å². The molecule has 132 valence electrons. The van der Waals surface area contributed by atoms with Crippen LogP contribution in [0.2, 0.25) is 0 Å². The van der Waals surface area contributed by atoms with E-state index in [-0.39, 0.29) is 5.91 Å². The fraction of sp³-hybridized carbons (Fsp3) is 0.474. The maximum Gasteiger partial charge on any atom is 0.255 e. The highest BCUT2D eigenvalue weighted by Gasteiger charge is 2.22. The largest absolute Gasteiger partial charge is 0.372 e. The van der Waals surface area contributed by atoms with Crippen molar-refractivity contribution in [2.45, 2.75) is 32.6 Å². The first-order valence-corrected chi connectivity index (χ1v) is 8.85. The molecule has 0 saturated carbocycles. The van der Waals surface area contributed by atoms with Gasteiger partial charge in [-0.05, 0) is 50.2 Å². The fourth-order valence-corrected chi connectivity index (χ4v) is 3.31. The average Bonchev–Trinajstić information content (AvgIpc) is 2.87. The number of carbonyl (C=O) groups is 1. The molecule has 25 heavy (non-hydrogen) atoms. The molecular formula is C19H25N5O. The molecule has 0 unspecified atom stereocenters. The molecule has 2 aromatic rings. The van der Waals surface area contributed by atoms with Crippen LogP contribution in [-0.4, -0.2) is 45.9 Å². The van der Waals surface area contributed by atoms with Crippen LogP contribution in [0.25, 0.3) is 0 Å². The molecule has 1 N–H and O–H groups in total. The number of amides is 1. The van der Waals surface area contributed by atoms with E-state index in [1.807, 2.05) is 31.1 Å². The van der Waals surface area contributed by atoms with Gasteiger partial charge < -0.3 is 10.2 Å². The van der Waals surface area contributed by atoms with Gasteiger partial charge in [-0.2, -0.15) is 0 Å². The van der Waals surface area contributed by atoms with Gasteiger partial charge in [-0.25, -0.2) is 4.98 Å². The van der Waals surface area contributed by atoms with Crippen molar-refractivity contribution in [3.05, 3.63) is 47.7 Å². The van der Waals surface area contributed by atoms with Crippen molar-refractivity contribution in [1.82, 2.24) is 19.9 Å². The smallest absolute Gasteiger partial charge is 0.255 e. The Labute approximate surface area is 148 Å².